The highest BCUT2D eigenvalue weighted by Crippen LogP contribution is 2.32. The Morgan fingerprint density at radius 1 is 1.13 bits per heavy atom. The molecular weight excluding hydrogens is 329 g/mol. The van der Waals surface area contributed by atoms with Gasteiger partial charge in [-0.25, -0.2) is 0 Å². The van der Waals surface area contributed by atoms with Crippen molar-refractivity contribution in [1.82, 2.24) is 10.2 Å². The van der Waals surface area contributed by atoms with Crippen LogP contribution in [0.5, 0.6) is 0 Å². The maximum atomic E-state index is 13.0. The Balaban J connectivity index is 2.53. The van der Waals surface area contributed by atoms with E-state index >= 15 is 0 Å². The number of rotatable bonds is 1. The second kappa shape index (κ2) is 5.62. The largest absolute Gasteiger partial charge is 0.496 e. The van der Waals surface area contributed by atoms with Gasteiger partial charge in [-0.1, -0.05) is 0 Å². The van der Waals surface area contributed by atoms with E-state index in [2.05, 4.69) is 10.2 Å². The summed E-state index contributed by atoms with van der Waals surface area (Å²) in [6.07, 6.45) is -10.0. The number of hydrogen-bond acceptors (Lipinski definition) is 4. The van der Waals surface area contributed by atoms with Crippen molar-refractivity contribution in [2.75, 3.05) is 0 Å². The van der Waals surface area contributed by atoms with Crippen LogP contribution in [0.1, 0.15) is 38.6 Å². The summed E-state index contributed by atoms with van der Waals surface area (Å²) in [7, 11) is -1.61. The first-order chi connectivity index (χ1) is 10.3. The van der Waals surface area contributed by atoms with E-state index in [1.807, 2.05) is 0 Å². The van der Waals surface area contributed by atoms with Gasteiger partial charge in [-0.05, 0) is 33.3 Å². The van der Waals surface area contributed by atoms with Gasteiger partial charge in [0.15, 0.2) is 11.4 Å². The molecule has 0 amide bonds. The Bertz CT molecular complexity index is 590. The third-order valence-corrected chi connectivity index (χ3v) is 3.20. The number of hydrogen-bond donors (Lipinski definition) is 0. The summed E-state index contributed by atoms with van der Waals surface area (Å²) in [5.74, 6) is 0. The summed E-state index contributed by atoms with van der Waals surface area (Å²) in [6, 6.07) is 0.272. The highest BCUT2D eigenvalue weighted by Gasteiger charge is 2.47. The number of nitrogens with zero attached hydrogens (tertiary/aromatic N) is 2. The maximum absolute atomic E-state index is 13.0. The van der Waals surface area contributed by atoms with Gasteiger partial charge in [0.05, 0.1) is 5.60 Å². The third kappa shape index (κ3) is 4.14. The smallest absolute Gasteiger partial charge is 0.405 e. The van der Waals surface area contributed by atoms with E-state index < -0.39 is 48.0 Å². The molecule has 1 aliphatic rings. The lowest BCUT2D eigenvalue weighted by Gasteiger charge is -2.38. The van der Waals surface area contributed by atoms with Crippen LogP contribution in [0.15, 0.2) is 6.07 Å². The maximum Gasteiger partial charge on any atom is 0.496 e. The van der Waals surface area contributed by atoms with Crippen molar-refractivity contribution in [1.29, 1.82) is 0 Å². The van der Waals surface area contributed by atoms with Crippen molar-refractivity contribution >= 4 is 12.6 Å². The molecule has 4 nitrogen and oxygen atoms in total. The molecule has 0 aliphatic carbocycles. The van der Waals surface area contributed by atoms with E-state index in [1.54, 1.807) is 20.8 Å². The fraction of sp³-hybridized carbons (Fsp3) is 0.667. The molecule has 0 spiro atoms. The summed E-state index contributed by atoms with van der Waals surface area (Å²) in [4.78, 5) is 0. The molecule has 128 valence electrons. The summed E-state index contributed by atoms with van der Waals surface area (Å²) < 4.78 is 87.9. The van der Waals surface area contributed by atoms with Gasteiger partial charge < -0.3 is 9.31 Å². The molecule has 0 radical (unpaired) electrons. The molecule has 1 aromatic heterocycles. The van der Waals surface area contributed by atoms with Gasteiger partial charge in [0.1, 0.15) is 0 Å². The molecule has 0 aromatic carbocycles. The average Bonchev–Trinajstić information content (AvgIpc) is 2.33. The molecule has 1 fully saturated rings. The Morgan fingerprint density at radius 3 is 2.22 bits per heavy atom. The number of alkyl halides is 6. The fourth-order valence-electron chi connectivity index (χ4n) is 2.40. The first-order valence-corrected chi connectivity index (χ1v) is 6.65. The Labute approximate surface area is 128 Å². The third-order valence-electron chi connectivity index (χ3n) is 3.20. The highest BCUT2D eigenvalue weighted by atomic mass is 19.4. The van der Waals surface area contributed by atoms with Gasteiger partial charge in [0.25, 0.3) is 0 Å². The molecule has 1 unspecified atom stereocenters. The first-order valence-electron chi connectivity index (χ1n) is 6.65. The predicted molar refractivity (Wildman–Crippen MR) is 67.8 cm³/mol. The minimum atomic E-state index is -4.98. The Kier molecular flexibility index (Phi) is 4.40. The second-order valence-electron chi connectivity index (χ2n) is 5.89. The quantitative estimate of drug-likeness (QED) is 0.582. The monoisotopic (exact) mass is 342 g/mol. The van der Waals surface area contributed by atoms with Gasteiger partial charge in [-0.2, -0.15) is 26.3 Å². The van der Waals surface area contributed by atoms with Crippen LogP contribution in [0.25, 0.3) is 0 Å². The second-order valence-corrected chi connectivity index (χ2v) is 5.89. The lowest BCUT2D eigenvalue weighted by Crippen LogP contribution is -2.53. The van der Waals surface area contributed by atoms with E-state index in [0.29, 0.717) is 6.42 Å². The van der Waals surface area contributed by atoms with E-state index in [0.717, 1.165) is 0 Å². The standard InChI is InChI=1S/C12H13BF6N2O2/c1-6-5-10(2,3)23-13(22-6)7-4-8(11(14,15)16)20-21-9(7)12(17,18)19/h4,6H,5H2,1-3H3. The van der Waals surface area contributed by atoms with Crippen LogP contribution in [0.4, 0.5) is 26.3 Å². The van der Waals surface area contributed by atoms with Crippen molar-refractivity contribution in [3.8, 4) is 0 Å². The highest BCUT2D eigenvalue weighted by molar-refractivity contribution is 6.62. The molecule has 0 bridgehead atoms. The minimum Gasteiger partial charge on any atom is -0.405 e. The van der Waals surface area contributed by atoms with Crippen LogP contribution in [-0.2, 0) is 21.7 Å². The van der Waals surface area contributed by atoms with Crippen molar-refractivity contribution in [2.24, 2.45) is 0 Å². The summed E-state index contributed by atoms with van der Waals surface area (Å²) in [5.41, 5.74) is -4.78. The summed E-state index contributed by atoms with van der Waals surface area (Å²) in [5, 5.41) is 5.33. The predicted octanol–water partition coefficient (Wildman–Crippen LogP) is 2.81. The number of halogens is 6. The zero-order valence-electron chi connectivity index (χ0n) is 12.4. The topological polar surface area (TPSA) is 44.2 Å². The molecule has 1 atom stereocenters. The van der Waals surface area contributed by atoms with E-state index in [-0.39, 0.29) is 6.07 Å². The van der Waals surface area contributed by atoms with Crippen LogP contribution in [0.3, 0.4) is 0 Å². The summed E-state index contributed by atoms with van der Waals surface area (Å²) in [6.45, 7) is 4.83. The van der Waals surface area contributed by atoms with Crippen molar-refractivity contribution in [2.45, 2.75) is 51.2 Å². The molecular formula is C12H13BF6N2O2. The lowest BCUT2D eigenvalue weighted by atomic mass is 9.73. The zero-order chi connectivity index (χ0) is 17.6. The normalized spacial score (nSPS) is 22.3. The molecule has 2 rings (SSSR count). The molecule has 2 heterocycles. The lowest BCUT2D eigenvalue weighted by molar-refractivity contribution is -0.147. The first kappa shape index (κ1) is 18.0. The van der Waals surface area contributed by atoms with Crippen molar-refractivity contribution in [3.63, 3.8) is 0 Å². The van der Waals surface area contributed by atoms with Crippen LogP contribution >= 0.6 is 0 Å². The minimum absolute atomic E-state index is 0.272. The van der Waals surface area contributed by atoms with E-state index in [4.69, 9.17) is 9.31 Å². The van der Waals surface area contributed by atoms with Crippen LogP contribution in [-0.4, -0.2) is 29.0 Å². The van der Waals surface area contributed by atoms with Gasteiger partial charge in [0, 0.05) is 11.6 Å². The van der Waals surface area contributed by atoms with Gasteiger partial charge in [0.2, 0.25) is 0 Å². The SMILES string of the molecule is CC1CC(C)(C)OB(c2cc(C(F)(F)F)nnc2C(F)(F)F)O1. The van der Waals surface area contributed by atoms with Crippen LogP contribution in [0.2, 0.25) is 0 Å². The fourth-order valence-corrected chi connectivity index (χ4v) is 2.40. The van der Waals surface area contributed by atoms with Crippen LogP contribution < -0.4 is 5.46 Å². The Hall–Kier alpha value is -1.36. The van der Waals surface area contributed by atoms with Gasteiger partial charge in [-0.15, -0.1) is 10.2 Å². The van der Waals surface area contributed by atoms with Gasteiger partial charge in [-0.3, -0.25) is 0 Å². The molecule has 1 aliphatic heterocycles. The molecule has 1 saturated heterocycles. The molecule has 0 N–H and O–H groups in total. The number of aromatic nitrogens is 2. The van der Waals surface area contributed by atoms with Crippen molar-refractivity contribution in [3.05, 3.63) is 17.5 Å². The molecule has 0 saturated carbocycles. The molecule has 1 aromatic rings. The zero-order valence-corrected chi connectivity index (χ0v) is 12.4. The molecule has 11 heteroatoms. The molecule has 23 heavy (non-hydrogen) atoms. The summed E-state index contributed by atoms with van der Waals surface area (Å²) >= 11 is 0. The van der Waals surface area contributed by atoms with Gasteiger partial charge >= 0.3 is 19.5 Å². The van der Waals surface area contributed by atoms with Crippen molar-refractivity contribution < 1.29 is 35.7 Å². The average molecular weight is 342 g/mol. The van der Waals surface area contributed by atoms with Crippen LogP contribution in [0, 0.1) is 0 Å². The Morgan fingerprint density at radius 2 is 1.74 bits per heavy atom. The van der Waals surface area contributed by atoms with E-state index in [1.165, 1.54) is 0 Å². The van der Waals surface area contributed by atoms with E-state index in [9.17, 15) is 26.3 Å².